The minimum atomic E-state index is 1.05. The lowest BCUT2D eigenvalue weighted by atomic mass is 10.0. The molecule has 0 spiro atoms. The fraction of sp³-hybridized carbons (Fsp3) is 0.333. The number of aryl methyl sites for hydroxylation is 1. The monoisotopic (exact) mass is 205 g/mol. The molecular weight excluding hydrogens is 190 g/mol. The molecule has 2 aromatic rings. The molecule has 74 valence electrons. The molecule has 0 bridgehead atoms. The molecule has 0 aliphatic rings. The molecule has 1 heterocycles. The van der Waals surface area contributed by atoms with Crippen LogP contribution in [0.1, 0.15) is 11.1 Å². The number of likely N-dealkylation sites (N-methyl/N-ethyl adjacent to an activating group) is 1. The molecule has 14 heavy (non-hydrogen) atoms. The molecule has 0 saturated heterocycles. The third-order valence-corrected chi connectivity index (χ3v) is 3.58. The second-order valence-electron chi connectivity index (χ2n) is 3.56. The first-order chi connectivity index (χ1) is 6.83. The zero-order chi connectivity index (χ0) is 9.97. The van der Waals surface area contributed by atoms with Crippen molar-refractivity contribution in [3.8, 4) is 0 Å². The molecule has 1 aromatic heterocycles. The summed E-state index contributed by atoms with van der Waals surface area (Å²) >= 11 is 1.84. The summed E-state index contributed by atoms with van der Waals surface area (Å²) in [6, 6.07) is 6.60. The van der Waals surface area contributed by atoms with Gasteiger partial charge < -0.3 is 5.32 Å². The van der Waals surface area contributed by atoms with Gasteiger partial charge >= 0.3 is 0 Å². The predicted molar refractivity (Wildman–Crippen MR) is 64.2 cm³/mol. The van der Waals surface area contributed by atoms with Gasteiger partial charge in [-0.25, -0.2) is 0 Å². The van der Waals surface area contributed by atoms with Crippen molar-refractivity contribution in [1.29, 1.82) is 0 Å². The Morgan fingerprint density at radius 3 is 3.00 bits per heavy atom. The maximum atomic E-state index is 3.20. The van der Waals surface area contributed by atoms with Crippen molar-refractivity contribution in [2.75, 3.05) is 13.6 Å². The Morgan fingerprint density at radius 1 is 1.36 bits per heavy atom. The average molecular weight is 205 g/mol. The number of fused-ring (bicyclic) bond motifs is 1. The van der Waals surface area contributed by atoms with Crippen LogP contribution in [0, 0.1) is 6.92 Å². The van der Waals surface area contributed by atoms with E-state index in [1.165, 1.54) is 21.2 Å². The van der Waals surface area contributed by atoms with Crippen LogP contribution in [0.2, 0.25) is 0 Å². The van der Waals surface area contributed by atoms with E-state index >= 15 is 0 Å². The Kier molecular flexibility index (Phi) is 2.85. The second kappa shape index (κ2) is 4.11. The molecule has 0 unspecified atom stereocenters. The van der Waals surface area contributed by atoms with Crippen LogP contribution in [0.5, 0.6) is 0 Å². The molecule has 0 amide bonds. The number of benzene rings is 1. The normalized spacial score (nSPS) is 11.0. The SMILES string of the molecule is CNCCc1cccc2scc(C)c12. The third kappa shape index (κ3) is 1.68. The number of nitrogens with one attached hydrogen (secondary N) is 1. The lowest BCUT2D eigenvalue weighted by Gasteiger charge is -2.03. The topological polar surface area (TPSA) is 12.0 Å². The Hall–Kier alpha value is -0.860. The number of rotatable bonds is 3. The lowest BCUT2D eigenvalue weighted by Crippen LogP contribution is -2.10. The van der Waals surface area contributed by atoms with Gasteiger partial charge in [-0.05, 0) is 54.9 Å². The van der Waals surface area contributed by atoms with Gasteiger partial charge in [0.05, 0.1) is 0 Å². The quantitative estimate of drug-likeness (QED) is 0.812. The molecule has 1 nitrogen and oxygen atoms in total. The van der Waals surface area contributed by atoms with Crippen LogP contribution in [-0.2, 0) is 6.42 Å². The minimum absolute atomic E-state index is 1.05. The third-order valence-electron chi connectivity index (χ3n) is 2.51. The summed E-state index contributed by atoms with van der Waals surface area (Å²) < 4.78 is 1.41. The first-order valence-corrected chi connectivity index (χ1v) is 5.81. The summed E-state index contributed by atoms with van der Waals surface area (Å²) in [5.41, 5.74) is 2.88. The molecule has 0 radical (unpaired) electrons. The van der Waals surface area contributed by atoms with Crippen molar-refractivity contribution in [3.63, 3.8) is 0 Å². The van der Waals surface area contributed by atoms with Crippen molar-refractivity contribution in [1.82, 2.24) is 5.32 Å². The summed E-state index contributed by atoms with van der Waals surface area (Å²) in [5.74, 6) is 0. The zero-order valence-corrected chi connectivity index (χ0v) is 9.45. The highest BCUT2D eigenvalue weighted by atomic mass is 32.1. The highest BCUT2D eigenvalue weighted by molar-refractivity contribution is 7.17. The number of thiophene rings is 1. The van der Waals surface area contributed by atoms with Crippen molar-refractivity contribution in [2.45, 2.75) is 13.3 Å². The van der Waals surface area contributed by atoms with Gasteiger partial charge in [0.15, 0.2) is 0 Å². The van der Waals surface area contributed by atoms with Crippen LogP contribution < -0.4 is 5.32 Å². The van der Waals surface area contributed by atoms with Gasteiger partial charge in [-0.2, -0.15) is 0 Å². The Morgan fingerprint density at radius 2 is 2.21 bits per heavy atom. The summed E-state index contributed by atoms with van der Waals surface area (Å²) in [7, 11) is 2.00. The van der Waals surface area contributed by atoms with E-state index in [1.54, 1.807) is 0 Å². The summed E-state index contributed by atoms with van der Waals surface area (Å²) in [5, 5.41) is 6.91. The molecule has 0 aliphatic carbocycles. The lowest BCUT2D eigenvalue weighted by molar-refractivity contribution is 0.795. The van der Waals surface area contributed by atoms with E-state index in [1.807, 2.05) is 18.4 Å². The fourth-order valence-corrected chi connectivity index (χ4v) is 2.79. The molecular formula is C12H15NS. The second-order valence-corrected chi connectivity index (χ2v) is 4.47. The van der Waals surface area contributed by atoms with Gasteiger partial charge in [-0.1, -0.05) is 12.1 Å². The summed E-state index contributed by atoms with van der Waals surface area (Å²) in [6.45, 7) is 3.25. The van der Waals surface area contributed by atoms with Crippen molar-refractivity contribution >= 4 is 21.4 Å². The molecule has 2 rings (SSSR count). The largest absolute Gasteiger partial charge is 0.319 e. The maximum Gasteiger partial charge on any atom is 0.0348 e. The van der Waals surface area contributed by atoms with Crippen LogP contribution in [0.25, 0.3) is 10.1 Å². The van der Waals surface area contributed by atoms with Gasteiger partial charge in [0.2, 0.25) is 0 Å². The van der Waals surface area contributed by atoms with Gasteiger partial charge in [0, 0.05) is 4.70 Å². The summed E-state index contributed by atoms with van der Waals surface area (Å²) in [4.78, 5) is 0. The van der Waals surface area contributed by atoms with Gasteiger partial charge in [-0.3, -0.25) is 0 Å². The molecule has 1 N–H and O–H groups in total. The number of hydrogen-bond acceptors (Lipinski definition) is 2. The van der Waals surface area contributed by atoms with Crippen molar-refractivity contribution in [2.24, 2.45) is 0 Å². The van der Waals surface area contributed by atoms with E-state index in [2.05, 4.69) is 35.8 Å². The summed E-state index contributed by atoms with van der Waals surface area (Å²) in [6.07, 6.45) is 1.12. The maximum absolute atomic E-state index is 3.20. The number of hydrogen-bond donors (Lipinski definition) is 1. The highest BCUT2D eigenvalue weighted by Gasteiger charge is 2.04. The van der Waals surface area contributed by atoms with Crippen LogP contribution in [0.15, 0.2) is 23.6 Å². The predicted octanol–water partition coefficient (Wildman–Crippen LogP) is 2.97. The fourth-order valence-electron chi connectivity index (χ4n) is 1.80. The van der Waals surface area contributed by atoms with Crippen molar-refractivity contribution in [3.05, 3.63) is 34.7 Å². The molecule has 0 saturated carbocycles. The van der Waals surface area contributed by atoms with Crippen molar-refractivity contribution < 1.29 is 0 Å². The van der Waals surface area contributed by atoms with Crippen LogP contribution >= 0.6 is 11.3 Å². The molecule has 1 aromatic carbocycles. The van der Waals surface area contributed by atoms with E-state index < -0.39 is 0 Å². The van der Waals surface area contributed by atoms with E-state index in [4.69, 9.17) is 0 Å². The Labute approximate surface area is 88.8 Å². The Bertz CT molecular complexity index is 431. The first kappa shape index (κ1) is 9.69. The van der Waals surface area contributed by atoms with E-state index in [0.29, 0.717) is 0 Å². The standard InChI is InChI=1S/C12H15NS/c1-9-8-14-11-5-3-4-10(12(9)11)6-7-13-2/h3-5,8,13H,6-7H2,1-2H3. The van der Waals surface area contributed by atoms with Crippen LogP contribution in [-0.4, -0.2) is 13.6 Å². The Balaban J connectivity index is 2.46. The van der Waals surface area contributed by atoms with Gasteiger partial charge in [0.25, 0.3) is 0 Å². The van der Waals surface area contributed by atoms with Crippen LogP contribution in [0.4, 0.5) is 0 Å². The molecule has 2 heteroatoms. The van der Waals surface area contributed by atoms with Gasteiger partial charge in [-0.15, -0.1) is 11.3 Å². The van der Waals surface area contributed by atoms with E-state index in [0.717, 1.165) is 13.0 Å². The zero-order valence-electron chi connectivity index (χ0n) is 8.63. The molecule has 0 aliphatic heterocycles. The minimum Gasteiger partial charge on any atom is -0.319 e. The smallest absolute Gasteiger partial charge is 0.0348 e. The average Bonchev–Trinajstić information content (AvgIpc) is 2.58. The highest BCUT2D eigenvalue weighted by Crippen LogP contribution is 2.28. The van der Waals surface area contributed by atoms with E-state index in [9.17, 15) is 0 Å². The van der Waals surface area contributed by atoms with Gasteiger partial charge in [0.1, 0.15) is 0 Å². The molecule has 0 atom stereocenters. The first-order valence-electron chi connectivity index (χ1n) is 4.93. The van der Waals surface area contributed by atoms with E-state index in [-0.39, 0.29) is 0 Å². The molecule has 0 fully saturated rings. The van der Waals surface area contributed by atoms with Crippen LogP contribution in [0.3, 0.4) is 0 Å².